The number of rotatable bonds is 6. The average Bonchev–Trinajstić information content (AvgIpc) is 2.82. The van der Waals surface area contributed by atoms with Crippen LogP contribution in [0.5, 0.6) is 5.75 Å². The van der Waals surface area contributed by atoms with E-state index in [1.807, 2.05) is 6.92 Å². The second kappa shape index (κ2) is 9.47. The van der Waals surface area contributed by atoms with Crippen LogP contribution in [0.25, 0.3) is 6.08 Å². The molecule has 146 valence electrons. The molecule has 0 spiro atoms. The van der Waals surface area contributed by atoms with Crippen LogP contribution < -0.4 is 10.1 Å². The number of thioether (sulfide) groups is 1. The number of amides is 2. The van der Waals surface area contributed by atoms with Gasteiger partial charge in [-0.2, -0.15) is 0 Å². The molecule has 1 fully saturated rings. The largest absolute Gasteiger partial charge is 0.466 e. The molecular weight excluding hydrogens is 451 g/mol. The van der Waals surface area contributed by atoms with Gasteiger partial charge in [0.1, 0.15) is 10.1 Å². The molecule has 1 aliphatic heterocycles. The van der Waals surface area contributed by atoms with Crippen LogP contribution in [-0.2, 0) is 9.59 Å². The third-order valence-electron chi connectivity index (χ3n) is 3.48. The first kappa shape index (κ1) is 22.3. The molecule has 0 aliphatic carbocycles. The molecule has 27 heavy (non-hydrogen) atoms. The van der Waals surface area contributed by atoms with Crippen LogP contribution in [0, 0.1) is 0 Å². The molecule has 1 aromatic rings. The van der Waals surface area contributed by atoms with Crippen molar-refractivity contribution in [3.8, 4) is 5.75 Å². The Morgan fingerprint density at radius 2 is 2.00 bits per heavy atom. The fourth-order valence-corrected chi connectivity index (χ4v) is 3.58. The fourth-order valence-electron chi connectivity index (χ4n) is 2.10. The second-order valence-electron chi connectivity index (χ2n) is 5.67. The van der Waals surface area contributed by atoms with Gasteiger partial charge < -0.3 is 10.1 Å². The molecule has 1 heterocycles. The zero-order chi connectivity index (χ0) is 20.2. The normalized spacial score (nSPS) is 17.4. The molecule has 0 unspecified atom stereocenters. The molecule has 0 bridgehead atoms. The van der Waals surface area contributed by atoms with Crippen molar-refractivity contribution < 1.29 is 14.3 Å². The zero-order valence-electron chi connectivity index (χ0n) is 14.5. The summed E-state index contributed by atoms with van der Waals surface area (Å²) >= 11 is 24.1. The van der Waals surface area contributed by atoms with Gasteiger partial charge in [-0.1, -0.05) is 77.8 Å². The highest BCUT2D eigenvalue weighted by Gasteiger charge is 2.36. The highest BCUT2D eigenvalue weighted by molar-refractivity contribution is 8.26. The number of thiocarbonyl (C=S) groups is 1. The van der Waals surface area contributed by atoms with Gasteiger partial charge in [-0.25, -0.2) is 0 Å². The van der Waals surface area contributed by atoms with Gasteiger partial charge in [-0.15, -0.1) is 0 Å². The lowest BCUT2D eigenvalue weighted by Crippen LogP contribution is -2.47. The quantitative estimate of drug-likeness (QED) is 0.289. The van der Waals surface area contributed by atoms with Crippen molar-refractivity contribution in [3.63, 3.8) is 0 Å². The van der Waals surface area contributed by atoms with Gasteiger partial charge in [-0.05, 0) is 30.2 Å². The first-order valence-corrected chi connectivity index (χ1v) is 10.3. The minimum Gasteiger partial charge on any atom is -0.466 e. The Kier molecular flexibility index (Phi) is 7.83. The van der Waals surface area contributed by atoms with Crippen LogP contribution in [0.15, 0.2) is 29.2 Å². The molecule has 10 heteroatoms. The van der Waals surface area contributed by atoms with Crippen LogP contribution >= 0.6 is 58.8 Å². The maximum Gasteiger partial charge on any atom is 0.265 e. The van der Waals surface area contributed by atoms with E-state index in [-0.39, 0.29) is 11.8 Å². The van der Waals surface area contributed by atoms with Gasteiger partial charge >= 0.3 is 0 Å². The molecule has 2 rings (SSSR count). The molecule has 0 radical (unpaired) electrons. The Hall–Kier alpha value is -0.990. The van der Waals surface area contributed by atoms with Gasteiger partial charge in [0.25, 0.3) is 5.91 Å². The summed E-state index contributed by atoms with van der Waals surface area (Å²) in [5.41, 5.74) is 0.789. The van der Waals surface area contributed by atoms with E-state index in [9.17, 15) is 9.59 Å². The third-order valence-corrected chi connectivity index (χ3v) is 5.56. The van der Waals surface area contributed by atoms with Crippen molar-refractivity contribution in [2.75, 3.05) is 7.05 Å². The lowest BCUT2D eigenvalue weighted by atomic mass is 10.2. The van der Waals surface area contributed by atoms with Gasteiger partial charge in [0.2, 0.25) is 15.9 Å². The summed E-state index contributed by atoms with van der Waals surface area (Å²) in [6.07, 6.45) is 1.57. The van der Waals surface area contributed by atoms with Crippen LogP contribution in [-0.4, -0.2) is 38.1 Å². The third kappa shape index (κ3) is 6.26. The first-order valence-electron chi connectivity index (χ1n) is 7.96. The average molecular weight is 468 g/mol. The van der Waals surface area contributed by atoms with Crippen LogP contribution in [0.4, 0.5) is 0 Å². The number of ether oxygens (including phenoxy) is 1. The Bertz CT molecular complexity index is 764. The number of hydrogen-bond acceptors (Lipinski definition) is 5. The molecule has 5 nitrogen and oxygen atoms in total. The summed E-state index contributed by atoms with van der Waals surface area (Å²) in [5, 5.41) is 2.56. The van der Waals surface area contributed by atoms with Crippen molar-refractivity contribution in [3.05, 3.63) is 34.7 Å². The van der Waals surface area contributed by atoms with E-state index in [1.165, 1.54) is 16.7 Å². The standard InChI is InChI=1S/C17H17Cl3N2O3S2/c1-3-4-13(23)21-15(17(18,19)20)25-11-7-5-10(6-8-11)9-12-14(24)22(2)16(26)27-12/h5-9,15H,3-4H2,1-2H3,(H,21,23)/b12-9-/t15-/m1/s1. The summed E-state index contributed by atoms with van der Waals surface area (Å²) in [6, 6.07) is 6.82. The number of hydrogen-bond donors (Lipinski definition) is 1. The van der Waals surface area contributed by atoms with Gasteiger partial charge in [0.05, 0.1) is 4.91 Å². The number of nitrogens with zero attached hydrogens (tertiary/aromatic N) is 1. The van der Waals surface area contributed by atoms with E-state index in [0.29, 0.717) is 27.8 Å². The van der Waals surface area contributed by atoms with E-state index in [0.717, 1.165) is 5.56 Å². The van der Waals surface area contributed by atoms with Crippen molar-refractivity contribution in [2.24, 2.45) is 0 Å². The highest BCUT2D eigenvalue weighted by Crippen LogP contribution is 2.33. The van der Waals surface area contributed by atoms with Gasteiger partial charge in [-0.3, -0.25) is 14.5 Å². The summed E-state index contributed by atoms with van der Waals surface area (Å²) in [7, 11) is 1.64. The van der Waals surface area contributed by atoms with E-state index < -0.39 is 10.0 Å². The SMILES string of the molecule is CCCC(=O)N[C@H](Oc1ccc(/C=C2\SC(=S)N(C)C2=O)cc1)C(Cl)(Cl)Cl. The zero-order valence-corrected chi connectivity index (χ0v) is 18.4. The van der Waals surface area contributed by atoms with E-state index in [1.54, 1.807) is 37.4 Å². The van der Waals surface area contributed by atoms with E-state index >= 15 is 0 Å². The predicted molar refractivity (Wildman–Crippen MR) is 115 cm³/mol. The van der Waals surface area contributed by atoms with Crippen molar-refractivity contribution in [1.82, 2.24) is 10.2 Å². The minimum absolute atomic E-state index is 0.139. The maximum absolute atomic E-state index is 12.0. The smallest absolute Gasteiger partial charge is 0.265 e. The summed E-state index contributed by atoms with van der Waals surface area (Å²) in [4.78, 5) is 25.8. The lowest BCUT2D eigenvalue weighted by molar-refractivity contribution is -0.123. The number of carbonyl (C=O) groups excluding carboxylic acids is 2. The molecule has 1 aliphatic rings. The predicted octanol–water partition coefficient (Wildman–Crippen LogP) is 4.51. The molecule has 1 saturated heterocycles. The maximum atomic E-state index is 12.0. The monoisotopic (exact) mass is 466 g/mol. The molecular formula is C17H17Cl3N2O3S2. The number of alkyl halides is 3. The minimum atomic E-state index is -1.84. The van der Waals surface area contributed by atoms with E-state index in [2.05, 4.69) is 5.32 Å². The molecule has 1 aromatic carbocycles. The number of halogens is 3. The Labute approximate surface area is 182 Å². The van der Waals surface area contributed by atoms with Gasteiger partial charge in [0, 0.05) is 13.5 Å². The second-order valence-corrected chi connectivity index (χ2v) is 9.71. The molecule has 1 atom stereocenters. The Morgan fingerprint density at radius 3 is 2.48 bits per heavy atom. The number of nitrogens with one attached hydrogen (secondary N) is 1. The van der Waals surface area contributed by atoms with Crippen LogP contribution in [0.2, 0.25) is 0 Å². The van der Waals surface area contributed by atoms with E-state index in [4.69, 9.17) is 51.8 Å². The van der Waals surface area contributed by atoms with Crippen molar-refractivity contribution in [1.29, 1.82) is 0 Å². The summed E-state index contributed by atoms with van der Waals surface area (Å²) in [5.74, 6) is -0.00409. The Balaban J connectivity index is 2.10. The van der Waals surface area contributed by atoms with Crippen molar-refractivity contribution in [2.45, 2.75) is 29.8 Å². The van der Waals surface area contributed by atoms with Crippen LogP contribution in [0.3, 0.4) is 0 Å². The summed E-state index contributed by atoms with van der Waals surface area (Å²) in [6.45, 7) is 1.87. The fraction of sp³-hybridized carbons (Fsp3) is 0.353. The molecule has 2 amide bonds. The van der Waals surface area contributed by atoms with Crippen LogP contribution in [0.1, 0.15) is 25.3 Å². The molecule has 0 aromatic heterocycles. The summed E-state index contributed by atoms with van der Waals surface area (Å²) < 4.78 is 4.30. The first-order chi connectivity index (χ1) is 12.6. The molecule has 0 saturated carbocycles. The number of benzene rings is 1. The number of likely N-dealkylation sites (N-methyl/N-ethyl adjacent to an activating group) is 1. The number of carbonyl (C=O) groups is 2. The van der Waals surface area contributed by atoms with Gasteiger partial charge in [0.15, 0.2) is 0 Å². The lowest BCUT2D eigenvalue weighted by Gasteiger charge is -2.26. The van der Waals surface area contributed by atoms with Crippen molar-refractivity contribution >= 4 is 81.0 Å². The topological polar surface area (TPSA) is 58.6 Å². The highest BCUT2D eigenvalue weighted by atomic mass is 35.6. The Morgan fingerprint density at radius 1 is 1.37 bits per heavy atom. The molecule has 1 N–H and O–H groups in total.